The number of hydrogen-bond acceptors (Lipinski definition) is 3. The molecular formula is C8H4N2S. The first-order valence-electron chi connectivity index (χ1n) is 3.06. The first-order chi connectivity index (χ1) is 5.40. The number of nitrogens with zero attached hydrogens (tertiary/aromatic N) is 2. The molecule has 2 rings (SSSR count). The number of fused-ring (bicyclic) bond motifs is 1. The third-order valence-electron chi connectivity index (χ3n) is 1.34. The van der Waals surface area contributed by atoms with E-state index in [1.165, 1.54) is 17.7 Å². The van der Waals surface area contributed by atoms with Gasteiger partial charge in [-0.1, -0.05) is 5.92 Å². The van der Waals surface area contributed by atoms with Crippen LogP contribution in [0.4, 0.5) is 0 Å². The van der Waals surface area contributed by atoms with Crippen molar-refractivity contribution < 1.29 is 0 Å². The van der Waals surface area contributed by atoms with E-state index in [0.717, 1.165) is 15.1 Å². The predicted molar refractivity (Wildman–Crippen MR) is 45.4 cm³/mol. The minimum atomic E-state index is 0.903. The summed E-state index contributed by atoms with van der Waals surface area (Å²) < 4.78 is 0. The Morgan fingerprint density at radius 3 is 3.18 bits per heavy atom. The molecule has 0 spiro atoms. The van der Waals surface area contributed by atoms with Gasteiger partial charge in [0.25, 0.3) is 0 Å². The fraction of sp³-hybridized carbons (Fsp3) is 0. The largest absolute Gasteiger partial charge is 0.244 e. The summed E-state index contributed by atoms with van der Waals surface area (Å²) in [5.41, 5.74) is 0. The van der Waals surface area contributed by atoms with Gasteiger partial charge < -0.3 is 0 Å². The number of terminal acetylenes is 1. The molecule has 11 heavy (non-hydrogen) atoms. The third-order valence-corrected chi connectivity index (χ3v) is 2.33. The summed E-state index contributed by atoms with van der Waals surface area (Å²) >= 11 is 1.51. The molecule has 52 valence electrons. The van der Waals surface area contributed by atoms with Crippen LogP contribution in [-0.4, -0.2) is 9.97 Å². The van der Waals surface area contributed by atoms with E-state index in [2.05, 4.69) is 15.9 Å². The molecule has 2 aromatic rings. The zero-order valence-electron chi connectivity index (χ0n) is 5.61. The number of thiophene rings is 1. The molecule has 0 saturated carbocycles. The lowest BCUT2D eigenvalue weighted by molar-refractivity contribution is 1.23. The second-order valence-electron chi connectivity index (χ2n) is 2.04. The van der Waals surface area contributed by atoms with Crippen LogP contribution in [0, 0.1) is 12.3 Å². The van der Waals surface area contributed by atoms with Crippen molar-refractivity contribution in [1.82, 2.24) is 9.97 Å². The van der Waals surface area contributed by atoms with E-state index < -0.39 is 0 Å². The van der Waals surface area contributed by atoms with Gasteiger partial charge in [0.2, 0.25) is 0 Å². The van der Waals surface area contributed by atoms with Crippen LogP contribution in [0.2, 0.25) is 0 Å². The number of rotatable bonds is 0. The van der Waals surface area contributed by atoms with E-state index in [0.29, 0.717) is 0 Å². The normalized spacial score (nSPS) is 9.73. The Morgan fingerprint density at radius 2 is 2.45 bits per heavy atom. The van der Waals surface area contributed by atoms with E-state index in [1.54, 1.807) is 6.20 Å². The van der Waals surface area contributed by atoms with E-state index in [9.17, 15) is 0 Å². The minimum Gasteiger partial charge on any atom is -0.244 e. The summed E-state index contributed by atoms with van der Waals surface area (Å²) in [4.78, 5) is 9.80. The van der Waals surface area contributed by atoms with Gasteiger partial charge in [-0.05, 0) is 6.07 Å². The molecule has 0 atom stereocenters. The molecule has 3 heteroatoms. The Labute approximate surface area is 67.9 Å². The SMILES string of the molecule is C#Cc1cc2cncnc2s1. The molecule has 0 aromatic carbocycles. The summed E-state index contributed by atoms with van der Waals surface area (Å²) in [5.74, 6) is 2.57. The van der Waals surface area contributed by atoms with Crippen LogP contribution in [0.3, 0.4) is 0 Å². The smallest absolute Gasteiger partial charge is 0.127 e. The molecule has 2 heterocycles. The highest BCUT2D eigenvalue weighted by Gasteiger charge is 1.98. The van der Waals surface area contributed by atoms with Crippen molar-refractivity contribution in [2.45, 2.75) is 0 Å². The molecule has 2 aromatic heterocycles. The standard InChI is InChI=1S/C8H4N2S/c1-2-7-3-6-4-9-5-10-8(6)11-7/h1,3-5H. The molecule has 0 amide bonds. The van der Waals surface area contributed by atoms with E-state index in [-0.39, 0.29) is 0 Å². The zero-order chi connectivity index (χ0) is 7.68. The van der Waals surface area contributed by atoms with Crippen LogP contribution in [0.15, 0.2) is 18.6 Å². The fourth-order valence-electron chi connectivity index (χ4n) is 0.859. The first kappa shape index (κ1) is 6.32. The van der Waals surface area contributed by atoms with Gasteiger partial charge in [-0.3, -0.25) is 0 Å². The monoisotopic (exact) mass is 160 g/mol. The topological polar surface area (TPSA) is 25.8 Å². The third kappa shape index (κ3) is 0.975. The molecule has 0 aliphatic carbocycles. The molecule has 0 unspecified atom stereocenters. The van der Waals surface area contributed by atoms with Crippen LogP contribution >= 0.6 is 11.3 Å². The van der Waals surface area contributed by atoms with Crippen molar-refractivity contribution in [3.63, 3.8) is 0 Å². The quantitative estimate of drug-likeness (QED) is 0.548. The van der Waals surface area contributed by atoms with Crippen molar-refractivity contribution in [1.29, 1.82) is 0 Å². The molecule has 0 bridgehead atoms. The molecule has 0 aliphatic heterocycles. The Morgan fingerprint density at radius 1 is 1.55 bits per heavy atom. The lowest BCUT2D eigenvalue weighted by atomic mass is 10.4. The van der Waals surface area contributed by atoms with E-state index in [4.69, 9.17) is 6.42 Å². The number of aromatic nitrogens is 2. The summed E-state index contributed by atoms with van der Waals surface area (Å²) in [5, 5.41) is 1.02. The number of hydrogen-bond donors (Lipinski definition) is 0. The van der Waals surface area contributed by atoms with Crippen molar-refractivity contribution in [3.8, 4) is 12.3 Å². The van der Waals surface area contributed by atoms with Gasteiger partial charge >= 0.3 is 0 Å². The molecular weight excluding hydrogens is 156 g/mol. The zero-order valence-corrected chi connectivity index (χ0v) is 6.43. The minimum absolute atomic E-state index is 0.903. The van der Waals surface area contributed by atoms with Crippen molar-refractivity contribution >= 4 is 21.6 Å². The average Bonchev–Trinajstić information content (AvgIpc) is 2.46. The molecule has 2 nitrogen and oxygen atoms in total. The lowest BCUT2D eigenvalue weighted by Gasteiger charge is -1.80. The highest BCUT2D eigenvalue weighted by atomic mass is 32.1. The summed E-state index contributed by atoms with van der Waals surface area (Å²) in [6.07, 6.45) is 8.52. The van der Waals surface area contributed by atoms with Gasteiger partial charge in [0.05, 0.1) is 4.88 Å². The van der Waals surface area contributed by atoms with Gasteiger partial charge in [-0.2, -0.15) is 0 Å². The Balaban J connectivity index is 2.81. The van der Waals surface area contributed by atoms with Gasteiger partial charge in [-0.15, -0.1) is 17.8 Å². The van der Waals surface area contributed by atoms with Crippen molar-refractivity contribution in [2.75, 3.05) is 0 Å². The van der Waals surface area contributed by atoms with Crippen molar-refractivity contribution in [2.24, 2.45) is 0 Å². The molecule has 0 N–H and O–H groups in total. The summed E-state index contributed by atoms with van der Waals surface area (Å²) in [7, 11) is 0. The molecule has 0 fully saturated rings. The van der Waals surface area contributed by atoms with Gasteiger partial charge in [0.1, 0.15) is 11.2 Å². The highest BCUT2D eigenvalue weighted by Crippen LogP contribution is 2.20. The molecule has 0 aliphatic rings. The average molecular weight is 160 g/mol. The second kappa shape index (κ2) is 2.33. The van der Waals surface area contributed by atoms with Gasteiger partial charge in [0.15, 0.2) is 0 Å². The molecule has 0 radical (unpaired) electrons. The van der Waals surface area contributed by atoms with Crippen LogP contribution in [0.5, 0.6) is 0 Å². The van der Waals surface area contributed by atoms with E-state index in [1.807, 2.05) is 6.07 Å². The van der Waals surface area contributed by atoms with Crippen LogP contribution in [-0.2, 0) is 0 Å². The Kier molecular flexibility index (Phi) is 1.34. The fourth-order valence-corrected chi connectivity index (χ4v) is 1.64. The lowest BCUT2D eigenvalue weighted by Crippen LogP contribution is -1.71. The Hall–Kier alpha value is -1.40. The Bertz CT molecular complexity index is 392. The maximum Gasteiger partial charge on any atom is 0.127 e. The predicted octanol–water partition coefficient (Wildman–Crippen LogP) is 1.67. The maximum absolute atomic E-state index is 5.23. The first-order valence-corrected chi connectivity index (χ1v) is 3.88. The van der Waals surface area contributed by atoms with E-state index >= 15 is 0 Å². The summed E-state index contributed by atoms with van der Waals surface area (Å²) in [6.45, 7) is 0. The van der Waals surface area contributed by atoms with Crippen LogP contribution in [0.1, 0.15) is 4.88 Å². The summed E-state index contributed by atoms with van der Waals surface area (Å²) in [6, 6.07) is 1.92. The highest BCUT2D eigenvalue weighted by molar-refractivity contribution is 7.19. The van der Waals surface area contributed by atoms with Gasteiger partial charge in [0, 0.05) is 11.6 Å². The second-order valence-corrected chi connectivity index (χ2v) is 3.07. The van der Waals surface area contributed by atoms with Crippen molar-refractivity contribution in [3.05, 3.63) is 23.5 Å². The van der Waals surface area contributed by atoms with Gasteiger partial charge in [-0.25, -0.2) is 9.97 Å². The van der Waals surface area contributed by atoms with Crippen LogP contribution in [0.25, 0.3) is 10.2 Å². The van der Waals surface area contributed by atoms with Crippen LogP contribution < -0.4 is 0 Å². The molecule has 0 saturated heterocycles. The maximum atomic E-state index is 5.23.